The summed E-state index contributed by atoms with van der Waals surface area (Å²) in [7, 11) is 4.72. The van der Waals surface area contributed by atoms with Crippen molar-refractivity contribution in [2.45, 2.75) is 20.0 Å². The zero-order chi connectivity index (χ0) is 17.7. The number of hydrogen-bond acceptors (Lipinski definition) is 4. The molecular formula is C20H24O4. The highest BCUT2D eigenvalue weighted by Gasteiger charge is 2.17. The summed E-state index contributed by atoms with van der Waals surface area (Å²) in [6, 6.07) is 11.8. The first kappa shape index (κ1) is 17.9. The number of ether oxygens (including phenoxy) is 3. The van der Waals surface area contributed by atoms with Crippen LogP contribution in [0.5, 0.6) is 17.2 Å². The van der Waals surface area contributed by atoms with Crippen molar-refractivity contribution in [1.82, 2.24) is 0 Å². The normalized spacial score (nSPS) is 12.7. The molecule has 0 radical (unpaired) electrons. The molecule has 4 nitrogen and oxygen atoms in total. The molecule has 2 aromatic carbocycles. The highest BCUT2D eigenvalue weighted by Crippen LogP contribution is 2.40. The first-order valence-electron chi connectivity index (χ1n) is 7.76. The van der Waals surface area contributed by atoms with Gasteiger partial charge in [0.2, 0.25) is 5.75 Å². The van der Waals surface area contributed by atoms with E-state index in [0.717, 1.165) is 16.7 Å². The Morgan fingerprint density at radius 2 is 1.50 bits per heavy atom. The molecule has 0 saturated carbocycles. The van der Waals surface area contributed by atoms with Gasteiger partial charge in [0.25, 0.3) is 0 Å². The summed E-state index contributed by atoms with van der Waals surface area (Å²) in [5.74, 6) is 1.65. The van der Waals surface area contributed by atoms with E-state index < -0.39 is 6.10 Å². The van der Waals surface area contributed by atoms with E-state index in [0.29, 0.717) is 17.2 Å². The van der Waals surface area contributed by atoms with Crippen molar-refractivity contribution in [3.63, 3.8) is 0 Å². The topological polar surface area (TPSA) is 47.9 Å². The lowest BCUT2D eigenvalue weighted by atomic mass is 9.97. The number of hydrogen-bond donors (Lipinski definition) is 1. The Labute approximate surface area is 143 Å². The summed E-state index contributed by atoms with van der Waals surface area (Å²) in [5, 5.41) is 10.3. The molecule has 2 aromatic rings. The molecule has 0 amide bonds. The molecule has 0 heterocycles. The van der Waals surface area contributed by atoms with Crippen molar-refractivity contribution in [2.75, 3.05) is 21.3 Å². The first-order valence-corrected chi connectivity index (χ1v) is 7.76. The fourth-order valence-corrected chi connectivity index (χ4v) is 2.54. The van der Waals surface area contributed by atoms with Crippen LogP contribution in [-0.4, -0.2) is 32.5 Å². The van der Waals surface area contributed by atoms with Gasteiger partial charge in [-0.25, -0.2) is 0 Å². The quantitative estimate of drug-likeness (QED) is 0.816. The standard InChI is InChI=1S/C20H24O4/c1-13-6-8-15(9-7-13)10-17(14(2)21)16-11-18(22-3)20(24-5)19(12-16)23-4/h6-12,14,21H,1-5H3/b17-10+. The van der Waals surface area contributed by atoms with Gasteiger partial charge in [-0.05, 0) is 48.8 Å². The van der Waals surface area contributed by atoms with E-state index in [9.17, 15) is 5.11 Å². The van der Waals surface area contributed by atoms with Crippen LogP contribution in [0.3, 0.4) is 0 Å². The third-order valence-corrected chi connectivity index (χ3v) is 3.85. The summed E-state index contributed by atoms with van der Waals surface area (Å²) in [5.41, 5.74) is 3.81. The van der Waals surface area contributed by atoms with E-state index in [4.69, 9.17) is 14.2 Å². The molecule has 0 aromatic heterocycles. The molecule has 1 atom stereocenters. The van der Waals surface area contributed by atoms with Crippen molar-refractivity contribution in [3.05, 3.63) is 53.1 Å². The highest BCUT2D eigenvalue weighted by molar-refractivity contribution is 5.85. The van der Waals surface area contributed by atoms with Gasteiger partial charge in [-0.3, -0.25) is 0 Å². The van der Waals surface area contributed by atoms with Gasteiger partial charge < -0.3 is 19.3 Å². The number of rotatable bonds is 6. The Morgan fingerprint density at radius 3 is 1.92 bits per heavy atom. The molecule has 1 N–H and O–H groups in total. The molecule has 128 valence electrons. The fraction of sp³-hybridized carbons (Fsp3) is 0.300. The largest absolute Gasteiger partial charge is 0.493 e. The van der Waals surface area contributed by atoms with Crippen molar-refractivity contribution in [1.29, 1.82) is 0 Å². The average molecular weight is 328 g/mol. The number of benzene rings is 2. The van der Waals surface area contributed by atoms with Crippen LogP contribution < -0.4 is 14.2 Å². The van der Waals surface area contributed by atoms with Crippen LogP contribution in [-0.2, 0) is 0 Å². The second-order valence-electron chi connectivity index (χ2n) is 5.60. The molecular weight excluding hydrogens is 304 g/mol. The number of methoxy groups -OCH3 is 3. The van der Waals surface area contributed by atoms with Crippen LogP contribution in [0.25, 0.3) is 11.6 Å². The summed E-state index contributed by atoms with van der Waals surface area (Å²) in [4.78, 5) is 0. The Balaban J connectivity index is 2.57. The summed E-state index contributed by atoms with van der Waals surface area (Å²) in [6.45, 7) is 3.78. The zero-order valence-corrected chi connectivity index (χ0v) is 14.8. The highest BCUT2D eigenvalue weighted by atomic mass is 16.5. The molecule has 0 aliphatic heterocycles. The minimum Gasteiger partial charge on any atom is -0.493 e. The van der Waals surface area contributed by atoms with Gasteiger partial charge in [0.05, 0.1) is 27.4 Å². The molecule has 0 saturated heterocycles. The maximum Gasteiger partial charge on any atom is 0.203 e. The van der Waals surface area contributed by atoms with Gasteiger partial charge in [-0.1, -0.05) is 29.8 Å². The lowest BCUT2D eigenvalue weighted by Gasteiger charge is -2.17. The average Bonchev–Trinajstić information content (AvgIpc) is 2.59. The molecule has 4 heteroatoms. The SMILES string of the molecule is COc1cc(/C(=C/c2ccc(C)cc2)C(C)O)cc(OC)c1OC. The van der Waals surface area contributed by atoms with Gasteiger partial charge >= 0.3 is 0 Å². The van der Waals surface area contributed by atoms with Crippen LogP contribution in [0.15, 0.2) is 36.4 Å². The molecule has 1 unspecified atom stereocenters. The third-order valence-electron chi connectivity index (χ3n) is 3.85. The third kappa shape index (κ3) is 3.89. The monoisotopic (exact) mass is 328 g/mol. The predicted molar refractivity (Wildman–Crippen MR) is 96.8 cm³/mol. The van der Waals surface area contributed by atoms with Gasteiger partial charge in [0.15, 0.2) is 11.5 Å². The first-order chi connectivity index (χ1) is 11.5. The van der Waals surface area contributed by atoms with Crippen LogP contribution >= 0.6 is 0 Å². The minimum absolute atomic E-state index is 0.532. The summed E-state index contributed by atoms with van der Waals surface area (Å²) >= 11 is 0. The van der Waals surface area contributed by atoms with Gasteiger partial charge in [0.1, 0.15) is 0 Å². The van der Waals surface area contributed by atoms with Crippen molar-refractivity contribution >= 4 is 11.6 Å². The number of aliphatic hydroxyl groups excluding tert-OH is 1. The summed E-state index contributed by atoms with van der Waals surface area (Å²) in [6.07, 6.45) is 1.32. The van der Waals surface area contributed by atoms with E-state index in [1.54, 1.807) is 28.3 Å². The zero-order valence-electron chi connectivity index (χ0n) is 14.8. The Kier molecular flexibility index (Phi) is 5.88. The van der Waals surface area contributed by atoms with Crippen LogP contribution in [0.4, 0.5) is 0 Å². The Bertz CT molecular complexity index is 690. The predicted octanol–water partition coefficient (Wildman–Crippen LogP) is 3.94. The van der Waals surface area contributed by atoms with E-state index >= 15 is 0 Å². The second kappa shape index (κ2) is 7.88. The molecule has 0 aliphatic carbocycles. The Morgan fingerprint density at radius 1 is 0.958 bits per heavy atom. The minimum atomic E-state index is -0.644. The van der Waals surface area contributed by atoms with E-state index in [1.165, 1.54) is 5.56 Å². The maximum atomic E-state index is 10.3. The van der Waals surface area contributed by atoms with Crippen molar-refractivity contribution in [2.24, 2.45) is 0 Å². The molecule has 2 rings (SSSR count). The lowest BCUT2D eigenvalue weighted by molar-refractivity contribution is 0.254. The van der Waals surface area contributed by atoms with Gasteiger partial charge in [-0.15, -0.1) is 0 Å². The fourth-order valence-electron chi connectivity index (χ4n) is 2.54. The molecule has 0 spiro atoms. The maximum absolute atomic E-state index is 10.3. The van der Waals surface area contributed by atoms with Gasteiger partial charge in [0, 0.05) is 0 Å². The molecule has 0 bridgehead atoms. The molecule has 24 heavy (non-hydrogen) atoms. The van der Waals surface area contributed by atoms with Crippen LogP contribution in [0, 0.1) is 6.92 Å². The van der Waals surface area contributed by atoms with Crippen LogP contribution in [0.2, 0.25) is 0 Å². The Hall–Kier alpha value is -2.46. The van der Waals surface area contributed by atoms with Crippen LogP contribution in [0.1, 0.15) is 23.6 Å². The number of aliphatic hydroxyl groups is 1. The van der Waals surface area contributed by atoms with E-state index in [-0.39, 0.29) is 0 Å². The second-order valence-corrected chi connectivity index (χ2v) is 5.60. The van der Waals surface area contributed by atoms with E-state index in [1.807, 2.05) is 49.4 Å². The lowest BCUT2D eigenvalue weighted by Crippen LogP contribution is -2.05. The van der Waals surface area contributed by atoms with Gasteiger partial charge in [-0.2, -0.15) is 0 Å². The number of aryl methyl sites for hydroxylation is 1. The van der Waals surface area contributed by atoms with Crippen molar-refractivity contribution < 1.29 is 19.3 Å². The molecule has 0 aliphatic rings. The summed E-state index contributed by atoms with van der Waals surface area (Å²) < 4.78 is 16.2. The smallest absolute Gasteiger partial charge is 0.203 e. The molecule has 0 fully saturated rings. The van der Waals surface area contributed by atoms with Crippen molar-refractivity contribution in [3.8, 4) is 17.2 Å². The van der Waals surface area contributed by atoms with E-state index in [2.05, 4.69) is 0 Å².